The van der Waals surface area contributed by atoms with Crippen molar-refractivity contribution in [2.45, 2.75) is 64.5 Å². The Morgan fingerprint density at radius 2 is 1.77 bits per heavy atom. The fraction of sp³-hybridized carbons (Fsp3) is 0.556. The van der Waals surface area contributed by atoms with E-state index in [-0.39, 0.29) is 10.8 Å². The number of phenolic OH excluding ortho intramolecular Hbond substituents is 1. The molecule has 0 saturated carbocycles. The van der Waals surface area contributed by atoms with Crippen molar-refractivity contribution >= 4 is 0 Å². The summed E-state index contributed by atoms with van der Waals surface area (Å²) in [5.74, 6) is 0.958. The Labute approximate surface area is 182 Å². The molecule has 3 nitrogen and oxygen atoms in total. The lowest BCUT2D eigenvalue weighted by Gasteiger charge is -2.53. The van der Waals surface area contributed by atoms with Gasteiger partial charge >= 0.3 is 0 Å². The Balaban J connectivity index is 1.46. The van der Waals surface area contributed by atoms with E-state index in [0.29, 0.717) is 17.7 Å². The number of benzene rings is 2. The summed E-state index contributed by atoms with van der Waals surface area (Å²) < 4.78 is 0. The molecule has 162 valence electrons. The standard InChI is InChI=1S/C27H38N2O/c1-20-17-29-14-13-28(18-21-9-11-22(12-10-21)26(2,3)4)19-24(29)16-27(20,5)23-7-6-8-25(30)15-23/h6-12,15,20,24,30H,13-14,16-19H2,1-5H3. The van der Waals surface area contributed by atoms with Gasteiger partial charge in [-0.1, -0.05) is 71.0 Å². The Morgan fingerprint density at radius 1 is 1.03 bits per heavy atom. The third kappa shape index (κ3) is 4.29. The first-order chi connectivity index (χ1) is 14.1. The van der Waals surface area contributed by atoms with Gasteiger partial charge < -0.3 is 5.11 Å². The van der Waals surface area contributed by atoms with Gasteiger partial charge in [-0.15, -0.1) is 0 Å². The number of aromatic hydroxyl groups is 1. The SMILES string of the molecule is CC1CN2CCN(Cc3ccc(C(C)(C)C)cc3)CC2CC1(C)c1cccc(O)c1. The second-order valence-corrected chi connectivity index (χ2v) is 10.9. The number of piperazine rings is 1. The van der Waals surface area contributed by atoms with Gasteiger partial charge in [0.15, 0.2) is 0 Å². The summed E-state index contributed by atoms with van der Waals surface area (Å²) in [6.45, 7) is 17.2. The molecule has 0 radical (unpaired) electrons. The zero-order valence-electron chi connectivity index (χ0n) is 19.4. The first-order valence-corrected chi connectivity index (χ1v) is 11.5. The molecule has 3 heteroatoms. The van der Waals surface area contributed by atoms with Crippen LogP contribution in [0.15, 0.2) is 48.5 Å². The molecule has 2 saturated heterocycles. The van der Waals surface area contributed by atoms with E-state index in [1.54, 1.807) is 6.07 Å². The number of hydrogen-bond acceptors (Lipinski definition) is 3. The van der Waals surface area contributed by atoms with Gasteiger partial charge in [0.25, 0.3) is 0 Å². The third-order valence-corrected chi connectivity index (χ3v) is 7.68. The molecule has 4 rings (SSSR count). The average Bonchev–Trinajstić information content (AvgIpc) is 2.69. The molecule has 2 aliphatic heterocycles. The van der Waals surface area contributed by atoms with Crippen LogP contribution in [0.1, 0.15) is 57.7 Å². The van der Waals surface area contributed by atoms with Crippen molar-refractivity contribution in [3.05, 3.63) is 65.2 Å². The Hall–Kier alpha value is -1.84. The van der Waals surface area contributed by atoms with Crippen LogP contribution >= 0.6 is 0 Å². The number of nitrogens with zero attached hydrogens (tertiary/aromatic N) is 2. The van der Waals surface area contributed by atoms with Crippen LogP contribution in [0.4, 0.5) is 0 Å². The molecule has 2 aromatic rings. The van der Waals surface area contributed by atoms with Crippen LogP contribution in [-0.2, 0) is 17.4 Å². The summed E-state index contributed by atoms with van der Waals surface area (Å²) in [7, 11) is 0. The highest BCUT2D eigenvalue weighted by atomic mass is 16.3. The molecule has 2 aromatic carbocycles. The smallest absolute Gasteiger partial charge is 0.115 e. The number of phenols is 1. The van der Waals surface area contributed by atoms with E-state index in [4.69, 9.17) is 0 Å². The predicted octanol–water partition coefficient (Wildman–Crippen LogP) is 5.17. The van der Waals surface area contributed by atoms with Crippen molar-refractivity contribution in [2.75, 3.05) is 26.2 Å². The summed E-state index contributed by atoms with van der Waals surface area (Å²) in [6.07, 6.45) is 1.15. The van der Waals surface area contributed by atoms with Crippen LogP contribution in [0, 0.1) is 5.92 Å². The lowest BCUT2D eigenvalue weighted by Crippen LogP contribution is -2.60. The maximum atomic E-state index is 10.0. The van der Waals surface area contributed by atoms with Crippen molar-refractivity contribution in [3.8, 4) is 5.75 Å². The van der Waals surface area contributed by atoms with Crippen molar-refractivity contribution in [1.82, 2.24) is 9.80 Å². The molecular weight excluding hydrogens is 368 g/mol. The molecule has 3 atom stereocenters. The molecule has 2 heterocycles. The van der Waals surface area contributed by atoms with E-state index in [0.717, 1.165) is 39.1 Å². The first-order valence-electron chi connectivity index (χ1n) is 11.5. The van der Waals surface area contributed by atoms with Crippen LogP contribution < -0.4 is 0 Å². The monoisotopic (exact) mass is 406 g/mol. The Bertz CT molecular complexity index is 869. The van der Waals surface area contributed by atoms with Crippen LogP contribution in [0.25, 0.3) is 0 Å². The van der Waals surface area contributed by atoms with Gasteiger partial charge in [0.05, 0.1) is 0 Å². The van der Waals surface area contributed by atoms with E-state index >= 15 is 0 Å². The average molecular weight is 407 g/mol. The number of fused-ring (bicyclic) bond motifs is 1. The zero-order chi connectivity index (χ0) is 21.5. The second kappa shape index (κ2) is 8.01. The van der Waals surface area contributed by atoms with Gasteiger partial charge in [-0.3, -0.25) is 9.80 Å². The zero-order valence-corrected chi connectivity index (χ0v) is 19.4. The lowest BCUT2D eigenvalue weighted by molar-refractivity contribution is -0.00557. The highest BCUT2D eigenvalue weighted by Crippen LogP contribution is 2.43. The molecule has 0 spiro atoms. The van der Waals surface area contributed by atoms with E-state index < -0.39 is 0 Å². The van der Waals surface area contributed by atoms with E-state index in [2.05, 4.69) is 74.8 Å². The lowest BCUT2D eigenvalue weighted by atomic mass is 9.65. The summed E-state index contributed by atoms with van der Waals surface area (Å²) >= 11 is 0. The second-order valence-electron chi connectivity index (χ2n) is 10.9. The molecule has 30 heavy (non-hydrogen) atoms. The number of piperidine rings is 1. The largest absolute Gasteiger partial charge is 0.508 e. The predicted molar refractivity (Wildman–Crippen MR) is 125 cm³/mol. The van der Waals surface area contributed by atoms with Crippen LogP contribution in [0.3, 0.4) is 0 Å². The van der Waals surface area contributed by atoms with Crippen molar-refractivity contribution in [2.24, 2.45) is 5.92 Å². The Kier molecular flexibility index (Phi) is 5.71. The van der Waals surface area contributed by atoms with Crippen molar-refractivity contribution in [1.29, 1.82) is 0 Å². The van der Waals surface area contributed by atoms with Gasteiger partial charge in [0.1, 0.15) is 5.75 Å². The summed E-state index contributed by atoms with van der Waals surface area (Å²) in [5, 5.41) is 10.0. The van der Waals surface area contributed by atoms with Gasteiger partial charge in [0, 0.05) is 38.8 Å². The molecule has 0 amide bonds. The highest BCUT2D eigenvalue weighted by Gasteiger charge is 2.44. The van der Waals surface area contributed by atoms with E-state index in [1.807, 2.05) is 12.1 Å². The minimum atomic E-state index is 0.108. The third-order valence-electron chi connectivity index (χ3n) is 7.68. The van der Waals surface area contributed by atoms with Gasteiger partial charge in [0.2, 0.25) is 0 Å². The summed E-state index contributed by atoms with van der Waals surface area (Å²) in [4.78, 5) is 5.33. The Morgan fingerprint density at radius 3 is 2.43 bits per heavy atom. The van der Waals surface area contributed by atoms with Crippen molar-refractivity contribution < 1.29 is 5.11 Å². The van der Waals surface area contributed by atoms with E-state index in [9.17, 15) is 5.11 Å². The topological polar surface area (TPSA) is 26.7 Å². The molecule has 1 N–H and O–H groups in total. The molecule has 3 unspecified atom stereocenters. The number of rotatable bonds is 3. The fourth-order valence-electron chi connectivity index (χ4n) is 5.41. The molecule has 0 aliphatic carbocycles. The molecule has 2 fully saturated rings. The molecule has 0 bridgehead atoms. The summed E-state index contributed by atoms with van der Waals surface area (Å²) in [6, 6.07) is 17.7. The van der Waals surface area contributed by atoms with Crippen LogP contribution in [-0.4, -0.2) is 47.1 Å². The van der Waals surface area contributed by atoms with E-state index in [1.165, 1.54) is 16.7 Å². The molecule has 2 aliphatic rings. The van der Waals surface area contributed by atoms with Crippen LogP contribution in [0.2, 0.25) is 0 Å². The van der Waals surface area contributed by atoms with Crippen molar-refractivity contribution in [3.63, 3.8) is 0 Å². The minimum absolute atomic E-state index is 0.108. The van der Waals surface area contributed by atoms with Crippen LogP contribution in [0.5, 0.6) is 5.75 Å². The van der Waals surface area contributed by atoms with Gasteiger partial charge in [-0.25, -0.2) is 0 Å². The highest BCUT2D eigenvalue weighted by molar-refractivity contribution is 5.34. The fourth-order valence-corrected chi connectivity index (χ4v) is 5.41. The van der Waals surface area contributed by atoms with Gasteiger partial charge in [-0.05, 0) is 52.0 Å². The molecular formula is C27H38N2O. The minimum Gasteiger partial charge on any atom is -0.508 e. The maximum absolute atomic E-state index is 10.0. The molecule has 0 aromatic heterocycles. The van der Waals surface area contributed by atoms with Gasteiger partial charge in [-0.2, -0.15) is 0 Å². The summed E-state index contributed by atoms with van der Waals surface area (Å²) in [5.41, 5.74) is 4.41. The first kappa shape index (κ1) is 21.4. The number of hydrogen-bond donors (Lipinski definition) is 1. The normalized spacial score (nSPS) is 28.3. The maximum Gasteiger partial charge on any atom is 0.115 e. The quantitative estimate of drug-likeness (QED) is 0.761.